The van der Waals surface area contributed by atoms with Crippen LogP contribution in [0.25, 0.3) is 22.0 Å². The third-order valence-electron chi connectivity index (χ3n) is 6.32. The molecule has 2 aromatic heterocycles. The fourth-order valence-corrected chi connectivity index (χ4v) is 5.41. The molecule has 1 unspecified atom stereocenters. The van der Waals surface area contributed by atoms with Crippen LogP contribution < -0.4 is 10.3 Å². The Hall–Kier alpha value is -3.73. The molecule has 192 valence electrons. The Kier molecular flexibility index (Phi) is 6.26. The van der Waals surface area contributed by atoms with Crippen molar-refractivity contribution in [3.63, 3.8) is 0 Å². The van der Waals surface area contributed by atoms with E-state index in [1.807, 2.05) is 0 Å². The quantitative estimate of drug-likeness (QED) is 0.341. The van der Waals surface area contributed by atoms with Gasteiger partial charge >= 0.3 is 6.18 Å². The third-order valence-corrected chi connectivity index (χ3v) is 7.79. The summed E-state index contributed by atoms with van der Waals surface area (Å²) in [5.74, 6) is -1.44. The van der Waals surface area contributed by atoms with Gasteiger partial charge in [-0.1, -0.05) is 18.2 Å². The van der Waals surface area contributed by atoms with Crippen LogP contribution in [0.5, 0.6) is 0 Å². The molecular weight excluding hydrogens is 510 g/mol. The first-order valence-corrected chi connectivity index (χ1v) is 12.6. The van der Waals surface area contributed by atoms with E-state index in [9.17, 15) is 31.4 Å². The van der Waals surface area contributed by atoms with Crippen LogP contribution in [0.15, 0.2) is 59.5 Å². The van der Waals surface area contributed by atoms with Gasteiger partial charge in [0, 0.05) is 28.3 Å². The van der Waals surface area contributed by atoms with Crippen LogP contribution in [0.3, 0.4) is 0 Å². The summed E-state index contributed by atoms with van der Waals surface area (Å²) in [5.41, 5.74) is -1.54. The molecule has 2 aromatic carbocycles. The molecule has 1 saturated carbocycles. The number of carbonyl (C=O) groups is 1. The summed E-state index contributed by atoms with van der Waals surface area (Å²) in [6.45, 7) is 0.991. The highest BCUT2D eigenvalue weighted by molar-refractivity contribution is 7.84. The minimum Gasteiger partial charge on any atom is -0.331 e. The molecule has 0 aliphatic heterocycles. The fourth-order valence-electron chi connectivity index (χ4n) is 4.40. The SMILES string of the molecule is Cc1cc2c(-c3ccc[nH]c3=O)c(C(=O)NS(=O)C3CC3)n(Cc3ccccc3F)c2cc1C(F)(F)F. The van der Waals surface area contributed by atoms with Crippen LogP contribution in [0.1, 0.15) is 40.0 Å². The summed E-state index contributed by atoms with van der Waals surface area (Å²) in [5, 5.41) is -0.00288. The van der Waals surface area contributed by atoms with Gasteiger partial charge in [-0.25, -0.2) is 8.60 Å². The zero-order valence-corrected chi connectivity index (χ0v) is 20.3. The number of nitrogens with one attached hydrogen (secondary N) is 2. The van der Waals surface area contributed by atoms with E-state index in [4.69, 9.17) is 0 Å². The molecule has 37 heavy (non-hydrogen) atoms. The van der Waals surface area contributed by atoms with E-state index < -0.39 is 40.0 Å². The molecule has 6 nitrogen and oxygen atoms in total. The maximum Gasteiger partial charge on any atom is 0.416 e. The smallest absolute Gasteiger partial charge is 0.331 e. The largest absolute Gasteiger partial charge is 0.416 e. The minimum absolute atomic E-state index is 0.0122. The molecule has 5 rings (SSSR count). The number of rotatable bonds is 6. The first kappa shape index (κ1) is 24.9. The first-order chi connectivity index (χ1) is 17.6. The van der Waals surface area contributed by atoms with Crippen molar-refractivity contribution in [3.05, 3.63) is 93.3 Å². The highest BCUT2D eigenvalue weighted by Crippen LogP contribution is 2.40. The minimum atomic E-state index is -4.69. The van der Waals surface area contributed by atoms with Gasteiger partial charge in [0.1, 0.15) is 22.5 Å². The van der Waals surface area contributed by atoms with Crippen molar-refractivity contribution in [3.8, 4) is 11.1 Å². The highest BCUT2D eigenvalue weighted by Gasteiger charge is 2.36. The summed E-state index contributed by atoms with van der Waals surface area (Å²) in [6.07, 6.45) is -1.96. The zero-order valence-electron chi connectivity index (χ0n) is 19.5. The van der Waals surface area contributed by atoms with Gasteiger partial charge in [0.25, 0.3) is 11.5 Å². The Labute approximate surface area is 210 Å². The number of amides is 1. The van der Waals surface area contributed by atoms with E-state index in [1.54, 1.807) is 6.07 Å². The van der Waals surface area contributed by atoms with Gasteiger partial charge in [-0.05, 0) is 55.7 Å². The number of H-pyrrole nitrogens is 1. The average molecular weight is 532 g/mol. The summed E-state index contributed by atoms with van der Waals surface area (Å²) in [4.78, 5) is 28.9. The van der Waals surface area contributed by atoms with E-state index in [0.29, 0.717) is 12.8 Å². The molecular formula is C26H21F4N3O3S. The Morgan fingerprint density at radius 3 is 2.54 bits per heavy atom. The van der Waals surface area contributed by atoms with Crippen molar-refractivity contribution in [1.29, 1.82) is 0 Å². The standard InChI is InChI=1S/C26H21F4N3O3S/c1-14-11-18-21(12-19(14)26(28,29)30)33(13-15-5-2-3-7-20(15)27)23(25(35)32-37(36)16-8-9-16)22(18)17-6-4-10-31-24(17)34/h2-7,10-12,16H,8-9,13H2,1H3,(H,31,34)(H,32,35). The van der Waals surface area contributed by atoms with E-state index in [2.05, 4.69) is 9.71 Å². The van der Waals surface area contributed by atoms with Gasteiger partial charge in [-0.3, -0.25) is 14.3 Å². The Morgan fingerprint density at radius 1 is 1.16 bits per heavy atom. The number of benzene rings is 2. The normalized spacial score (nSPS) is 14.6. The molecule has 1 aliphatic carbocycles. The molecule has 1 aliphatic rings. The number of alkyl halides is 3. The van der Waals surface area contributed by atoms with Crippen molar-refractivity contribution in [1.82, 2.24) is 14.3 Å². The number of nitrogens with zero attached hydrogens (tertiary/aromatic N) is 1. The number of aromatic nitrogens is 2. The summed E-state index contributed by atoms with van der Waals surface area (Å²) in [7, 11) is -1.72. The van der Waals surface area contributed by atoms with Crippen molar-refractivity contribution >= 4 is 27.8 Å². The number of carbonyl (C=O) groups excluding carboxylic acids is 1. The number of aromatic amines is 1. The van der Waals surface area contributed by atoms with Gasteiger partial charge in [-0.2, -0.15) is 13.2 Å². The second-order valence-corrected chi connectivity index (χ2v) is 10.4. The van der Waals surface area contributed by atoms with Gasteiger partial charge in [0.2, 0.25) is 0 Å². The second-order valence-electron chi connectivity index (χ2n) is 8.92. The zero-order chi connectivity index (χ0) is 26.5. The molecule has 1 amide bonds. The van der Waals surface area contributed by atoms with Crippen LogP contribution in [0.2, 0.25) is 0 Å². The number of hydrogen-bond donors (Lipinski definition) is 2. The van der Waals surface area contributed by atoms with Crippen molar-refractivity contribution < 1.29 is 26.6 Å². The number of fused-ring (bicyclic) bond motifs is 1. The van der Waals surface area contributed by atoms with Crippen LogP contribution in [-0.4, -0.2) is 24.9 Å². The molecule has 0 bridgehead atoms. The summed E-state index contributed by atoms with van der Waals surface area (Å²) in [6, 6.07) is 10.9. The molecule has 11 heteroatoms. The van der Waals surface area contributed by atoms with Crippen molar-refractivity contribution in [2.24, 2.45) is 0 Å². The van der Waals surface area contributed by atoms with E-state index in [1.165, 1.54) is 54.1 Å². The number of halogens is 4. The molecule has 1 fully saturated rings. The Balaban J connectivity index is 1.86. The van der Waals surface area contributed by atoms with Crippen molar-refractivity contribution in [2.45, 2.75) is 37.7 Å². The van der Waals surface area contributed by atoms with Crippen LogP contribution in [0, 0.1) is 12.7 Å². The molecule has 0 spiro atoms. The van der Waals surface area contributed by atoms with Crippen LogP contribution in [0.4, 0.5) is 17.6 Å². The summed E-state index contributed by atoms with van der Waals surface area (Å²) >= 11 is 0. The lowest BCUT2D eigenvalue weighted by Gasteiger charge is -2.14. The average Bonchev–Trinajstić information content (AvgIpc) is 3.64. The number of pyridine rings is 1. The van der Waals surface area contributed by atoms with Gasteiger partial charge in [0.15, 0.2) is 0 Å². The van der Waals surface area contributed by atoms with Crippen LogP contribution >= 0.6 is 0 Å². The van der Waals surface area contributed by atoms with Crippen LogP contribution in [-0.2, 0) is 23.7 Å². The number of aryl methyl sites for hydroxylation is 1. The molecule has 4 aromatic rings. The lowest BCUT2D eigenvalue weighted by molar-refractivity contribution is -0.137. The van der Waals surface area contributed by atoms with Crippen molar-refractivity contribution in [2.75, 3.05) is 0 Å². The van der Waals surface area contributed by atoms with E-state index in [-0.39, 0.29) is 50.6 Å². The fraction of sp³-hybridized carbons (Fsp3) is 0.231. The Morgan fingerprint density at radius 2 is 1.89 bits per heavy atom. The lowest BCUT2D eigenvalue weighted by atomic mass is 9.99. The number of hydrogen-bond acceptors (Lipinski definition) is 3. The van der Waals surface area contributed by atoms with Gasteiger partial charge in [0.05, 0.1) is 22.9 Å². The summed E-state index contributed by atoms with van der Waals surface area (Å²) < 4.78 is 72.6. The predicted molar refractivity (Wildman–Crippen MR) is 132 cm³/mol. The second kappa shape index (κ2) is 9.29. The monoisotopic (exact) mass is 531 g/mol. The maximum absolute atomic E-state index is 14.7. The molecule has 2 heterocycles. The first-order valence-electron chi connectivity index (χ1n) is 11.4. The van der Waals surface area contributed by atoms with Gasteiger partial charge in [-0.15, -0.1) is 0 Å². The van der Waals surface area contributed by atoms with E-state index >= 15 is 0 Å². The topological polar surface area (TPSA) is 84.0 Å². The highest BCUT2D eigenvalue weighted by atomic mass is 32.2. The van der Waals surface area contributed by atoms with E-state index in [0.717, 1.165) is 6.07 Å². The third kappa shape index (κ3) is 4.71. The molecule has 0 radical (unpaired) electrons. The molecule has 0 saturated heterocycles. The van der Waals surface area contributed by atoms with Gasteiger partial charge < -0.3 is 9.55 Å². The maximum atomic E-state index is 14.7. The molecule has 1 atom stereocenters. The Bertz CT molecular complexity index is 1620. The lowest BCUT2D eigenvalue weighted by Crippen LogP contribution is -2.30. The predicted octanol–water partition coefficient (Wildman–Crippen LogP) is 5.07. The molecule has 2 N–H and O–H groups in total.